The van der Waals surface area contributed by atoms with E-state index in [0.717, 1.165) is 12.8 Å². The molecule has 1 heterocycles. The molecular formula is C19H27N3O6S. The molecule has 29 heavy (non-hydrogen) atoms. The van der Waals surface area contributed by atoms with Crippen molar-refractivity contribution >= 4 is 27.5 Å². The molecular weight excluding hydrogens is 398 g/mol. The van der Waals surface area contributed by atoms with Crippen LogP contribution in [0.15, 0.2) is 18.2 Å². The van der Waals surface area contributed by atoms with Gasteiger partial charge in [-0.15, -0.1) is 0 Å². The van der Waals surface area contributed by atoms with Crippen LogP contribution in [0.5, 0.6) is 11.5 Å². The number of hydrogen-bond acceptors (Lipinski definition) is 6. The van der Waals surface area contributed by atoms with Gasteiger partial charge in [0, 0.05) is 25.7 Å². The predicted octanol–water partition coefficient (Wildman–Crippen LogP) is 0.963. The summed E-state index contributed by atoms with van der Waals surface area (Å²) in [6.45, 7) is 1.27. The number of rotatable bonds is 7. The van der Waals surface area contributed by atoms with E-state index in [2.05, 4.69) is 10.6 Å². The third kappa shape index (κ3) is 5.18. The summed E-state index contributed by atoms with van der Waals surface area (Å²) in [5.74, 6) is -0.430. The lowest BCUT2D eigenvalue weighted by atomic mass is 9.98. The van der Waals surface area contributed by atoms with Crippen LogP contribution in [0.3, 0.4) is 0 Å². The normalized spacial score (nSPS) is 18.1. The summed E-state index contributed by atoms with van der Waals surface area (Å²) in [5.41, 5.74) is 0.368. The van der Waals surface area contributed by atoms with Gasteiger partial charge in [-0.2, -0.15) is 0 Å². The molecule has 1 saturated heterocycles. The summed E-state index contributed by atoms with van der Waals surface area (Å²) in [6.07, 6.45) is 2.85. The van der Waals surface area contributed by atoms with Gasteiger partial charge in [0.2, 0.25) is 10.0 Å². The van der Waals surface area contributed by atoms with Gasteiger partial charge in [0.1, 0.15) is 11.5 Å². The van der Waals surface area contributed by atoms with E-state index in [-0.39, 0.29) is 11.2 Å². The van der Waals surface area contributed by atoms with Gasteiger partial charge in [0.15, 0.2) is 0 Å². The predicted molar refractivity (Wildman–Crippen MR) is 107 cm³/mol. The lowest BCUT2D eigenvalue weighted by Gasteiger charge is -2.31. The molecule has 0 aromatic heterocycles. The minimum absolute atomic E-state index is 0.146. The van der Waals surface area contributed by atoms with Crippen molar-refractivity contribution in [2.24, 2.45) is 5.92 Å². The van der Waals surface area contributed by atoms with Crippen molar-refractivity contribution < 1.29 is 27.5 Å². The molecule has 0 bridgehead atoms. The zero-order valence-electron chi connectivity index (χ0n) is 16.6. The van der Waals surface area contributed by atoms with Crippen molar-refractivity contribution in [2.45, 2.75) is 30.9 Å². The summed E-state index contributed by atoms with van der Waals surface area (Å²) < 4.78 is 36.4. The van der Waals surface area contributed by atoms with Crippen LogP contribution in [0.2, 0.25) is 0 Å². The Bertz CT molecular complexity index is 861. The van der Waals surface area contributed by atoms with Crippen molar-refractivity contribution in [1.82, 2.24) is 9.62 Å². The van der Waals surface area contributed by atoms with Crippen LogP contribution in [-0.2, 0) is 19.6 Å². The first kappa shape index (κ1) is 21.4. The fraction of sp³-hybridized carbons (Fsp3) is 0.579. The molecule has 160 valence electrons. The van der Waals surface area contributed by atoms with Crippen LogP contribution in [0.1, 0.15) is 25.7 Å². The van der Waals surface area contributed by atoms with Gasteiger partial charge in [-0.3, -0.25) is 9.59 Å². The molecule has 0 unspecified atom stereocenters. The molecule has 1 aromatic carbocycles. The third-order valence-corrected chi connectivity index (χ3v) is 7.69. The smallest absolute Gasteiger partial charge is 0.313 e. The van der Waals surface area contributed by atoms with E-state index in [9.17, 15) is 18.0 Å². The Labute approximate surface area is 170 Å². The van der Waals surface area contributed by atoms with E-state index in [0.29, 0.717) is 49.7 Å². The van der Waals surface area contributed by atoms with Crippen LogP contribution >= 0.6 is 0 Å². The van der Waals surface area contributed by atoms with Gasteiger partial charge in [0.25, 0.3) is 0 Å². The standard InChI is InChI=1S/C19H27N3O6S/c1-27-14-3-6-16(17(11-14)28-2)21-19(24)18(23)20-12-13-7-9-22(10-8-13)29(25,26)15-4-5-15/h3,6,11,13,15H,4-5,7-10,12H2,1-2H3,(H,20,23)(H,21,24). The van der Waals surface area contributed by atoms with Gasteiger partial charge in [-0.1, -0.05) is 0 Å². The van der Waals surface area contributed by atoms with Crippen molar-refractivity contribution in [3.8, 4) is 11.5 Å². The SMILES string of the molecule is COc1ccc(NC(=O)C(=O)NCC2CCN(S(=O)(=O)C3CC3)CC2)c(OC)c1. The minimum atomic E-state index is -3.14. The highest BCUT2D eigenvalue weighted by Crippen LogP contribution is 2.33. The first-order chi connectivity index (χ1) is 13.8. The number of amides is 2. The van der Waals surface area contributed by atoms with E-state index in [1.54, 1.807) is 22.5 Å². The molecule has 2 amide bonds. The largest absolute Gasteiger partial charge is 0.497 e. The lowest BCUT2D eigenvalue weighted by molar-refractivity contribution is -0.136. The number of nitrogens with one attached hydrogen (secondary N) is 2. The monoisotopic (exact) mass is 425 g/mol. The Morgan fingerprint density at radius 2 is 1.76 bits per heavy atom. The molecule has 10 heteroatoms. The third-order valence-electron chi connectivity index (χ3n) is 5.29. The summed E-state index contributed by atoms with van der Waals surface area (Å²) in [7, 11) is -0.163. The van der Waals surface area contributed by atoms with Gasteiger partial charge < -0.3 is 20.1 Å². The minimum Gasteiger partial charge on any atom is -0.497 e. The van der Waals surface area contributed by atoms with Crippen LogP contribution < -0.4 is 20.1 Å². The second-order valence-corrected chi connectivity index (χ2v) is 9.53. The highest BCUT2D eigenvalue weighted by atomic mass is 32.2. The van der Waals surface area contributed by atoms with Crippen molar-refractivity contribution in [3.63, 3.8) is 0 Å². The van der Waals surface area contributed by atoms with E-state index in [1.807, 2.05) is 0 Å². The van der Waals surface area contributed by atoms with E-state index in [1.165, 1.54) is 14.2 Å². The molecule has 3 rings (SSSR count). The average molecular weight is 426 g/mol. The summed E-state index contributed by atoms with van der Waals surface area (Å²) >= 11 is 0. The van der Waals surface area contributed by atoms with Gasteiger partial charge in [-0.05, 0) is 43.7 Å². The molecule has 2 fully saturated rings. The number of anilines is 1. The van der Waals surface area contributed by atoms with Crippen molar-refractivity contribution in [3.05, 3.63) is 18.2 Å². The summed E-state index contributed by atoms with van der Waals surface area (Å²) in [4.78, 5) is 24.3. The van der Waals surface area contributed by atoms with Gasteiger partial charge >= 0.3 is 11.8 Å². The van der Waals surface area contributed by atoms with Crippen LogP contribution in [0.25, 0.3) is 0 Å². The van der Waals surface area contributed by atoms with Crippen molar-refractivity contribution in [2.75, 3.05) is 39.2 Å². The van der Waals surface area contributed by atoms with Crippen LogP contribution in [0, 0.1) is 5.92 Å². The highest BCUT2D eigenvalue weighted by Gasteiger charge is 2.41. The Morgan fingerprint density at radius 1 is 1.07 bits per heavy atom. The first-order valence-corrected chi connectivity index (χ1v) is 11.2. The molecule has 0 radical (unpaired) electrons. The van der Waals surface area contributed by atoms with E-state index >= 15 is 0 Å². The number of hydrogen-bond donors (Lipinski definition) is 2. The number of nitrogens with zero attached hydrogens (tertiary/aromatic N) is 1. The molecule has 1 aromatic rings. The number of carbonyl (C=O) groups is 2. The maximum absolute atomic E-state index is 12.3. The topological polar surface area (TPSA) is 114 Å². The fourth-order valence-corrected chi connectivity index (χ4v) is 5.22. The maximum atomic E-state index is 12.3. The van der Waals surface area contributed by atoms with Crippen LogP contribution in [0.4, 0.5) is 5.69 Å². The number of carbonyl (C=O) groups excluding carboxylic acids is 2. The molecule has 0 atom stereocenters. The Hall–Kier alpha value is -2.33. The molecule has 0 spiro atoms. The summed E-state index contributed by atoms with van der Waals surface area (Å²) in [5, 5.41) is 4.97. The van der Waals surface area contributed by atoms with Gasteiger partial charge in [0.05, 0.1) is 25.2 Å². The zero-order valence-corrected chi connectivity index (χ0v) is 17.5. The number of sulfonamides is 1. The molecule has 2 N–H and O–H groups in total. The number of piperidine rings is 1. The first-order valence-electron chi connectivity index (χ1n) is 9.65. The summed E-state index contributed by atoms with van der Waals surface area (Å²) in [6, 6.07) is 4.86. The molecule has 2 aliphatic rings. The molecule has 9 nitrogen and oxygen atoms in total. The Balaban J connectivity index is 1.46. The van der Waals surface area contributed by atoms with Gasteiger partial charge in [-0.25, -0.2) is 12.7 Å². The number of ether oxygens (including phenoxy) is 2. The van der Waals surface area contributed by atoms with Crippen molar-refractivity contribution in [1.29, 1.82) is 0 Å². The van der Waals surface area contributed by atoms with E-state index in [4.69, 9.17) is 9.47 Å². The average Bonchev–Trinajstić information content (AvgIpc) is 3.58. The lowest BCUT2D eigenvalue weighted by Crippen LogP contribution is -2.44. The second-order valence-electron chi connectivity index (χ2n) is 7.32. The maximum Gasteiger partial charge on any atom is 0.313 e. The second kappa shape index (κ2) is 9.00. The quantitative estimate of drug-likeness (QED) is 0.629. The highest BCUT2D eigenvalue weighted by molar-refractivity contribution is 7.90. The fourth-order valence-electron chi connectivity index (χ4n) is 3.34. The zero-order chi connectivity index (χ0) is 21.0. The molecule has 1 aliphatic carbocycles. The number of benzene rings is 1. The number of methoxy groups -OCH3 is 2. The van der Waals surface area contributed by atoms with Crippen LogP contribution in [-0.4, -0.2) is 63.6 Å². The molecule has 1 aliphatic heterocycles. The van der Waals surface area contributed by atoms with E-state index < -0.39 is 21.8 Å². The molecule has 1 saturated carbocycles. The Kier molecular flexibility index (Phi) is 6.63. The Morgan fingerprint density at radius 3 is 2.34 bits per heavy atom.